The van der Waals surface area contributed by atoms with Crippen molar-refractivity contribution in [3.63, 3.8) is 0 Å². The van der Waals surface area contributed by atoms with Gasteiger partial charge in [-0.2, -0.15) is 5.26 Å². The number of nitrogens with zero attached hydrogens (tertiary/aromatic N) is 6. The largest absolute Gasteiger partial charge is 0.343 e. The third-order valence-corrected chi connectivity index (χ3v) is 4.52. The smallest absolute Gasteiger partial charge is 0.236 e. The fourth-order valence-electron chi connectivity index (χ4n) is 3.42. The zero-order valence-corrected chi connectivity index (χ0v) is 12.9. The summed E-state index contributed by atoms with van der Waals surface area (Å²) in [6.07, 6.45) is 5.15. The van der Waals surface area contributed by atoms with E-state index in [9.17, 15) is 4.79 Å². The van der Waals surface area contributed by atoms with E-state index in [0.717, 1.165) is 29.3 Å². The average Bonchev–Trinajstić information content (AvgIpc) is 3.10. The third-order valence-electron chi connectivity index (χ3n) is 4.52. The Morgan fingerprint density at radius 1 is 1.38 bits per heavy atom. The second kappa shape index (κ2) is 5.85. The Labute approximate surface area is 137 Å². The Balaban J connectivity index is 1.77. The van der Waals surface area contributed by atoms with Crippen LogP contribution in [0.1, 0.15) is 30.7 Å². The van der Waals surface area contributed by atoms with Crippen LogP contribution < -0.4 is 0 Å². The maximum Gasteiger partial charge on any atom is 0.236 e. The minimum Gasteiger partial charge on any atom is -0.343 e. The molecular formula is C16H15N7O. The molecule has 0 spiro atoms. The molecule has 1 unspecified atom stereocenters. The number of imidazole rings is 1. The number of nitriles is 1. The number of rotatable bonds is 2. The predicted molar refractivity (Wildman–Crippen MR) is 85.8 cm³/mol. The Kier molecular flexibility index (Phi) is 3.54. The molecule has 1 aliphatic rings. The van der Waals surface area contributed by atoms with Crippen molar-refractivity contribution in [3.05, 3.63) is 24.2 Å². The Morgan fingerprint density at radius 2 is 2.25 bits per heavy atom. The lowest BCUT2D eigenvalue weighted by Crippen LogP contribution is -2.38. The van der Waals surface area contributed by atoms with Crippen LogP contribution in [0, 0.1) is 11.3 Å². The maximum atomic E-state index is 12.1. The highest BCUT2D eigenvalue weighted by Crippen LogP contribution is 2.33. The molecule has 1 saturated heterocycles. The molecule has 24 heavy (non-hydrogen) atoms. The van der Waals surface area contributed by atoms with E-state index in [1.807, 2.05) is 12.1 Å². The number of likely N-dealkylation sites (tertiary alicyclic amines) is 1. The first-order chi connectivity index (χ1) is 11.8. The Bertz CT molecular complexity index is 958. The van der Waals surface area contributed by atoms with Gasteiger partial charge in [-0.3, -0.25) is 4.79 Å². The van der Waals surface area contributed by atoms with Gasteiger partial charge in [-0.05, 0) is 24.5 Å². The van der Waals surface area contributed by atoms with Crippen LogP contribution in [0.25, 0.3) is 22.2 Å². The van der Waals surface area contributed by atoms with Gasteiger partial charge in [0, 0.05) is 25.2 Å². The summed E-state index contributed by atoms with van der Waals surface area (Å²) < 4.78 is 0. The van der Waals surface area contributed by atoms with Gasteiger partial charge in [-0.25, -0.2) is 9.97 Å². The Hall–Kier alpha value is -3.08. The van der Waals surface area contributed by atoms with Crippen LogP contribution in [-0.4, -0.2) is 49.0 Å². The summed E-state index contributed by atoms with van der Waals surface area (Å²) in [5.41, 5.74) is 3.05. The number of nitrogens with one attached hydrogen (secondary N) is 1. The van der Waals surface area contributed by atoms with Gasteiger partial charge in [0.05, 0.1) is 23.3 Å². The number of fused-ring (bicyclic) bond motifs is 3. The molecule has 4 heterocycles. The van der Waals surface area contributed by atoms with Gasteiger partial charge < -0.3 is 9.88 Å². The van der Waals surface area contributed by atoms with E-state index in [1.165, 1.54) is 0 Å². The lowest BCUT2D eigenvalue weighted by molar-refractivity contribution is -0.131. The SMILES string of the molecule is N#CCC(=O)N1CCCC(c2ccnc3nnc4nc[nH]c4c23)C1. The van der Waals surface area contributed by atoms with Gasteiger partial charge >= 0.3 is 0 Å². The molecule has 1 aliphatic heterocycles. The van der Waals surface area contributed by atoms with Crippen molar-refractivity contribution in [2.75, 3.05) is 13.1 Å². The van der Waals surface area contributed by atoms with Crippen LogP contribution in [0.2, 0.25) is 0 Å². The Morgan fingerprint density at radius 3 is 3.12 bits per heavy atom. The highest BCUT2D eigenvalue weighted by Gasteiger charge is 2.26. The molecule has 8 heteroatoms. The van der Waals surface area contributed by atoms with E-state index in [2.05, 4.69) is 25.1 Å². The van der Waals surface area contributed by atoms with Crippen molar-refractivity contribution >= 4 is 28.1 Å². The number of aromatic amines is 1. The first kappa shape index (κ1) is 14.5. The van der Waals surface area contributed by atoms with Gasteiger partial charge in [-0.15, -0.1) is 10.2 Å². The van der Waals surface area contributed by atoms with Crippen molar-refractivity contribution in [1.82, 2.24) is 30.0 Å². The molecule has 1 amide bonds. The number of H-pyrrole nitrogens is 1. The summed E-state index contributed by atoms with van der Waals surface area (Å²) in [6.45, 7) is 1.32. The maximum absolute atomic E-state index is 12.1. The van der Waals surface area contributed by atoms with Gasteiger partial charge in [-0.1, -0.05) is 0 Å². The van der Waals surface area contributed by atoms with Crippen LogP contribution >= 0.6 is 0 Å². The zero-order chi connectivity index (χ0) is 16.5. The number of aromatic nitrogens is 5. The summed E-state index contributed by atoms with van der Waals surface area (Å²) in [5.74, 6) is 0.0784. The molecule has 1 fully saturated rings. The average molecular weight is 321 g/mol. The minimum absolute atomic E-state index is 0.0694. The first-order valence-electron chi connectivity index (χ1n) is 7.87. The van der Waals surface area contributed by atoms with Gasteiger partial charge in [0.25, 0.3) is 0 Å². The number of amides is 1. The van der Waals surface area contributed by atoms with Gasteiger partial charge in [0.1, 0.15) is 6.42 Å². The second-order valence-corrected chi connectivity index (χ2v) is 5.91. The van der Waals surface area contributed by atoms with Crippen molar-refractivity contribution in [1.29, 1.82) is 5.26 Å². The number of hydrogen-bond acceptors (Lipinski definition) is 6. The minimum atomic E-state index is -0.105. The van der Waals surface area contributed by atoms with Crippen LogP contribution in [-0.2, 0) is 4.79 Å². The zero-order valence-electron chi connectivity index (χ0n) is 12.9. The van der Waals surface area contributed by atoms with Crippen molar-refractivity contribution in [3.8, 4) is 6.07 Å². The van der Waals surface area contributed by atoms with Crippen molar-refractivity contribution < 1.29 is 4.79 Å². The fraction of sp³-hybridized carbons (Fsp3) is 0.375. The lowest BCUT2D eigenvalue weighted by Gasteiger charge is -2.33. The molecule has 3 aromatic rings. The molecular weight excluding hydrogens is 306 g/mol. The van der Waals surface area contributed by atoms with E-state index >= 15 is 0 Å². The molecule has 1 N–H and O–H groups in total. The van der Waals surface area contributed by atoms with E-state index < -0.39 is 0 Å². The van der Waals surface area contributed by atoms with Crippen LogP contribution in [0.15, 0.2) is 18.6 Å². The first-order valence-corrected chi connectivity index (χ1v) is 7.87. The molecule has 0 aromatic carbocycles. The van der Waals surface area contributed by atoms with Gasteiger partial charge in [0.15, 0.2) is 11.3 Å². The summed E-state index contributed by atoms with van der Waals surface area (Å²) in [7, 11) is 0. The summed E-state index contributed by atoms with van der Waals surface area (Å²) in [6, 6.07) is 3.92. The normalized spacial score (nSPS) is 18.0. The molecule has 8 nitrogen and oxygen atoms in total. The molecule has 1 atom stereocenters. The van der Waals surface area contributed by atoms with Crippen LogP contribution in [0.3, 0.4) is 0 Å². The molecule has 0 radical (unpaired) electrons. The highest BCUT2D eigenvalue weighted by molar-refractivity contribution is 6.00. The number of piperidine rings is 1. The number of carbonyl (C=O) groups excluding carboxylic acids is 1. The number of pyridine rings is 1. The van der Waals surface area contributed by atoms with E-state index in [1.54, 1.807) is 17.4 Å². The van der Waals surface area contributed by atoms with E-state index in [4.69, 9.17) is 5.26 Å². The molecule has 0 bridgehead atoms. The second-order valence-electron chi connectivity index (χ2n) is 5.91. The highest BCUT2D eigenvalue weighted by atomic mass is 16.2. The van der Waals surface area contributed by atoms with Crippen molar-refractivity contribution in [2.24, 2.45) is 0 Å². The lowest BCUT2D eigenvalue weighted by atomic mass is 9.89. The van der Waals surface area contributed by atoms with E-state index in [0.29, 0.717) is 24.4 Å². The third kappa shape index (κ3) is 2.34. The topological polar surface area (TPSA) is 111 Å². The fourth-order valence-corrected chi connectivity index (χ4v) is 3.42. The molecule has 3 aromatic heterocycles. The quantitative estimate of drug-likeness (QED) is 0.766. The van der Waals surface area contributed by atoms with Crippen molar-refractivity contribution in [2.45, 2.75) is 25.2 Å². The van der Waals surface area contributed by atoms with E-state index in [-0.39, 0.29) is 18.2 Å². The summed E-state index contributed by atoms with van der Waals surface area (Å²) >= 11 is 0. The molecule has 0 saturated carbocycles. The number of carbonyl (C=O) groups is 1. The number of hydrogen-bond donors (Lipinski definition) is 1. The molecule has 0 aliphatic carbocycles. The van der Waals surface area contributed by atoms with Crippen LogP contribution in [0.4, 0.5) is 0 Å². The monoisotopic (exact) mass is 321 g/mol. The predicted octanol–water partition coefficient (Wildman–Crippen LogP) is 1.52. The van der Waals surface area contributed by atoms with Gasteiger partial charge in [0.2, 0.25) is 5.91 Å². The summed E-state index contributed by atoms with van der Waals surface area (Å²) in [5, 5.41) is 17.9. The van der Waals surface area contributed by atoms with Crippen LogP contribution in [0.5, 0.6) is 0 Å². The summed E-state index contributed by atoms with van der Waals surface area (Å²) in [4.78, 5) is 25.4. The molecule has 4 rings (SSSR count). The standard InChI is InChI=1S/C16H15N7O/c17-5-3-12(24)23-7-1-2-10(8-23)11-4-6-18-15-13(11)14-16(22-21-15)20-9-19-14/h4,6,9-10H,1-3,7-8H2,(H,19,20,22). The molecule has 120 valence electrons.